The molecule has 1 aliphatic carbocycles. The number of esters is 1. The number of carbonyl (C=O) groups is 2. The number of carbonyl (C=O) groups excluding carboxylic acids is 2. The van der Waals surface area contributed by atoms with Gasteiger partial charge in [-0.05, 0) is 49.1 Å². The van der Waals surface area contributed by atoms with Gasteiger partial charge in [-0.2, -0.15) is 0 Å². The maximum atomic E-state index is 12.5. The van der Waals surface area contributed by atoms with Crippen molar-refractivity contribution in [1.82, 2.24) is 14.8 Å². The molecule has 4 rings (SSSR count). The van der Waals surface area contributed by atoms with Crippen LogP contribution in [0.1, 0.15) is 47.0 Å². The number of ether oxygens (including phenoxy) is 1. The number of hydrogen-bond donors (Lipinski definition) is 1. The number of nitrogens with one attached hydrogen (secondary N) is 1. The average molecular weight is 477 g/mol. The molecule has 0 spiro atoms. The van der Waals surface area contributed by atoms with E-state index >= 15 is 0 Å². The molecule has 0 bridgehead atoms. The van der Waals surface area contributed by atoms with Crippen LogP contribution in [0, 0.1) is 0 Å². The molecule has 3 aromatic heterocycles. The molecule has 3 aromatic rings. The first-order chi connectivity index (χ1) is 15.1. The number of methoxy groups -OCH3 is 1. The summed E-state index contributed by atoms with van der Waals surface area (Å²) in [5.74, 6) is 0.423. The van der Waals surface area contributed by atoms with E-state index in [0.717, 1.165) is 36.8 Å². The normalized spacial score (nSPS) is 13.1. The molecule has 3 heterocycles. The van der Waals surface area contributed by atoms with E-state index in [-0.39, 0.29) is 11.7 Å². The van der Waals surface area contributed by atoms with Gasteiger partial charge in [0.1, 0.15) is 5.00 Å². The van der Waals surface area contributed by atoms with E-state index in [1.54, 1.807) is 11.4 Å². The molecule has 0 saturated heterocycles. The lowest BCUT2D eigenvalue weighted by Crippen LogP contribution is -2.16. The van der Waals surface area contributed by atoms with Gasteiger partial charge in [-0.25, -0.2) is 4.79 Å². The van der Waals surface area contributed by atoms with Crippen LogP contribution in [0.15, 0.2) is 22.0 Å². The lowest BCUT2D eigenvalue weighted by atomic mass is 9.95. The third-order valence-corrected chi connectivity index (χ3v) is 8.01. The van der Waals surface area contributed by atoms with E-state index in [2.05, 4.69) is 32.4 Å². The topological polar surface area (TPSA) is 86.1 Å². The smallest absolute Gasteiger partial charge is 0.340 e. The summed E-state index contributed by atoms with van der Waals surface area (Å²) in [7, 11) is 1.32. The molecule has 0 radical (unpaired) electrons. The minimum atomic E-state index is -0.462. The molecule has 1 amide bonds. The average Bonchev–Trinajstić information content (AvgIpc) is 3.50. The molecule has 0 aliphatic heterocycles. The number of fused-ring (bicyclic) bond motifs is 1. The van der Waals surface area contributed by atoms with Gasteiger partial charge in [0.15, 0.2) is 11.0 Å². The minimum Gasteiger partial charge on any atom is -0.465 e. The Hall–Kier alpha value is -2.17. The molecule has 0 unspecified atom stereocenters. The Balaban J connectivity index is 1.48. The highest BCUT2D eigenvalue weighted by Gasteiger charge is 2.23. The van der Waals surface area contributed by atoms with Crippen molar-refractivity contribution in [2.45, 2.75) is 50.7 Å². The third-order valence-electron chi connectivity index (χ3n) is 5.12. The second-order valence-electron chi connectivity index (χ2n) is 7.21. The lowest BCUT2D eigenvalue weighted by Gasteiger charge is -2.13. The van der Waals surface area contributed by atoms with Gasteiger partial charge in [-0.15, -0.1) is 32.9 Å². The summed E-state index contributed by atoms with van der Waals surface area (Å²) < 4.78 is 6.88. The van der Waals surface area contributed by atoms with E-state index in [1.807, 2.05) is 11.3 Å². The largest absolute Gasteiger partial charge is 0.465 e. The van der Waals surface area contributed by atoms with Crippen LogP contribution in [0.2, 0.25) is 0 Å². The van der Waals surface area contributed by atoms with E-state index < -0.39 is 5.97 Å². The van der Waals surface area contributed by atoms with Crippen LogP contribution in [0.3, 0.4) is 0 Å². The van der Waals surface area contributed by atoms with E-state index in [9.17, 15) is 9.59 Å². The van der Waals surface area contributed by atoms with Crippen molar-refractivity contribution in [3.8, 4) is 11.4 Å². The molecule has 10 heteroatoms. The number of thiophene rings is 2. The van der Waals surface area contributed by atoms with Gasteiger partial charge in [0.05, 0.1) is 18.4 Å². The van der Waals surface area contributed by atoms with Crippen molar-refractivity contribution in [2.75, 3.05) is 18.2 Å². The maximum Gasteiger partial charge on any atom is 0.340 e. The number of thioether (sulfide) groups is 1. The van der Waals surface area contributed by atoms with Crippen LogP contribution >= 0.6 is 34.4 Å². The highest BCUT2D eigenvalue weighted by molar-refractivity contribution is 7.99. The van der Waals surface area contributed by atoms with Crippen molar-refractivity contribution in [1.29, 1.82) is 0 Å². The second-order valence-corrected chi connectivity index (χ2v) is 10.0. The van der Waals surface area contributed by atoms with E-state index in [4.69, 9.17) is 4.74 Å². The fourth-order valence-corrected chi connectivity index (χ4v) is 6.35. The molecular weight excluding hydrogens is 452 g/mol. The Morgan fingerprint density at radius 2 is 2.10 bits per heavy atom. The number of nitrogens with zero attached hydrogens (tertiary/aromatic N) is 3. The molecule has 164 valence electrons. The summed E-state index contributed by atoms with van der Waals surface area (Å²) in [5.41, 5.74) is 2.98. The third kappa shape index (κ3) is 4.70. The van der Waals surface area contributed by atoms with Crippen LogP contribution in [0.4, 0.5) is 5.00 Å². The fourth-order valence-electron chi connectivity index (χ4n) is 3.67. The molecule has 0 aromatic carbocycles. The standard InChI is InChI=1S/C21H24N4O3S3/c1-3-9-25-18(15-11-30-16-7-5-4-6-13(15)16)23-24-21(25)31-12-17(26)22-19-14(8-10-29-19)20(27)28-2/h8,10-11H,3-7,9,12H2,1-2H3,(H,22,26). The monoisotopic (exact) mass is 476 g/mol. The first kappa shape index (κ1) is 22.0. The summed E-state index contributed by atoms with van der Waals surface area (Å²) in [6.45, 7) is 2.92. The van der Waals surface area contributed by atoms with Crippen LogP contribution in [-0.2, 0) is 28.9 Å². The minimum absolute atomic E-state index is 0.183. The summed E-state index contributed by atoms with van der Waals surface area (Å²) in [6.07, 6.45) is 5.68. The Kier molecular flexibility index (Phi) is 7.09. The Bertz CT molecular complexity index is 1090. The van der Waals surface area contributed by atoms with Gasteiger partial charge in [-0.3, -0.25) is 4.79 Å². The molecule has 31 heavy (non-hydrogen) atoms. The molecule has 7 nitrogen and oxygen atoms in total. The zero-order valence-corrected chi connectivity index (χ0v) is 19.9. The van der Waals surface area contributed by atoms with Gasteiger partial charge < -0.3 is 14.6 Å². The number of rotatable bonds is 8. The molecule has 1 aliphatic rings. The zero-order chi connectivity index (χ0) is 21.8. The Morgan fingerprint density at radius 3 is 2.90 bits per heavy atom. The number of amides is 1. The Morgan fingerprint density at radius 1 is 1.26 bits per heavy atom. The van der Waals surface area contributed by atoms with Crippen molar-refractivity contribution in [2.24, 2.45) is 0 Å². The predicted octanol–water partition coefficient (Wildman–Crippen LogP) is 4.87. The highest BCUT2D eigenvalue weighted by Crippen LogP contribution is 2.37. The second kappa shape index (κ2) is 9.97. The summed E-state index contributed by atoms with van der Waals surface area (Å²) in [4.78, 5) is 25.8. The van der Waals surface area contributed by atoms with Crippen LogP contribution in [0.5, 0.6) is 0 Å². The van der Waals surface area contributed by atoms with Crippen molar-refractivity contribution >= 4 is 51.3 Å². The van der Waals surface area contributed by atoms with Gasteiger partial charge >= 0.3 is 5.97 Å². The van der Waals surface area contributed by atoms with Gasteiger partial charge in [-0.1, -0.05) is 18.7 Å². The fraction of sp³-hybridized carbons (Fsp3) is 0.429. The number of aryl methyl sites for hydroxylation is 1. The first-order valence-corrected chi connectivity index (χ1v) is 13.0. The van der Waals surface area contributed by atoms with E-state index in [1.165, 1.54) is 59.1 Å². The molecule has 1 N–H and O–H groups in total. The van der Waals surface area contributed by atoms with Crippen LogP contribution < -0.4 is 5.32 Å². The summed E-state index contributed by atoms with van der Waals surface area (Å²) in [6, 6.07) is 1.64. The zero-order valence-electron chi connectivity index (χ0n) is 17.5. The molecular formula is C21H24N4O3S3. The van der Waals surface area contributed by atoms with Gasteiger partial charge in [0, 0.05) is 22.4 Å². The van der Waals surface area contributed by atoms with Gasteiger partial charge in [0.25, 0.3) is 0 Å². The highest BCUT2D eigenvalue weighted by atomic mass is 32.2. The van der Waals surface area contributed by atoms with Crippen molar-refractivity contribution in [3.63, 3.8) is 0 Å². The van der Waals surface area contributed by atoms with E-state index in [0.29, 0.717) is 10.6 Å². The summed E-state index contributed by atoms with van der Waals surface area (Å²) >= 11 is 4.48. The van der Waals surface area contributed by atoms with Crippen LogP contribution in [-0.4, -0.2) is 39.5 Å². The number of anilines is 1. The summed E-state index contributed by atoms with van der Waals surface area (Å²) in [5, 5.41) is 16.9. The van der Waals surface area contributed by atoms with Crippen molar-refractivity contribution in [3.05, 3.63) is 32.8 Å². The lowest BCUT2D eigenvalue weighted by molar-refractivity contribution is -0.113. The maximum absolute atomic E-state index is 12.5. The van der Waals surface area contributed by atoms with Crippen LogP contribution in [0.25, 0.3) is 11.4 Å². The molecule has 0 saturated carbocycles. The number of hydrogen-bond acceptors (Lipinski definition) is 8. The first-order valence-electron chi connectivity index (χ1n) is 10.2. The SMILES string of the molecule is CCCn1c(SCC(=O)Nc2sccc2C(=O)OC)nnc1-c1csc2c1CCCC2. The molecule has 0 fully saturated rings. The predicted molar refractivity (Wildman–Crippen MR) is 125 cm³/mol. The Labute approximate surface area is 193 Å². The number of aromatic nitrogens is 3. The van der Waals surface area contributed by atoms with Crippen molar-refractivity contribution < 1.29 is 14.3 Å². The quantitative estimate of drug-likeness (QED) is 0.369. The molecule has 0 atom stereocenters. The van der Waals surface area contributed by atoms with Gasteiger partial charge in [0.2, 0.25) is 5.91 Å².